The summed E-state index contributed by atoms with van der Waals surface area (Å²) in [6.07, 6.45) is 4.38. The lowest BCUT2D eigenvalue weighted by atomic mass is 9.96. The third kappa shape index (κ3) is 7.74. The number of hydrogen-bond donors (Lipinski definition) is 0. The molecule has 0 unspecified atom stereocenters. The summed E-state index contributed by atoms with van der Waals surface area (Å²) < 4.78 is 10.9. The molecule has 0 fully saturated rings. The summed E-state index contributed by atoms with van der Waals surface area (Å²) in [5.41, 5.74) is 1.02. The van der Waals surface area contributed by atoms with Gasteiger partial charge in [-0.3, -0.25) is 4.79 Å². The van der Waals surface area contributed by atoms with Gasteiger partial charge < -0.3 is 9.47 Å². The Morgan fingerprint density at radius 1 is 1.09 bits per heavy atom. The van der Waals surface area contributed by atoms with Crippen molar-refractivity contribution in [2.24, 2.45) is 0 Å². The Morgan fingerprint density at radius 3 is 2.35 bits per heavy atom. The van der Waals surface area contributed by atoms with Crippen LogP contribution in [0, 0.1) is 11.8 Å². The number of ether oxygens (including phenoxy) is 2. The molecule has 1 aromatic rings. The maximum Gasteiger partial charge on any atom is 0.307 e. The Bertz CT molecular complexity index is 508. The first-order valence-corrected chi connectivity index (χ1v) is 8.51. The lowest BCUT2D eigenvalue weighted by molar-refractivity contribution is -0.143. The van der Waals surface area contributed by atoms with Gasteiger partial charge in [0, 0.05) is 0 Å². The van der Waals surface area contributed by atoms with Crippen molar-refractivity contribution in [2.75, 3.05) is 13.2 Å². The zero-order valence-corrected chi connectivity index (χ0v) is 14.6. The number of carbonyl (C=O) groups excluding carboxylic acids is 1. The third-order valence-electron chi connectivity index (χ3n) is 3.50. The predicted octanol–water partition coefficient (Wildman–Crippen LogP) is 4.71. The SMILES string of the molecule is CC#C[C@@H](CC(=O)OCCCC)c1ccc(OCCCC)cc1. The molecule has 0 aliphatic heterocycles. The molecule has 1 rings (SSSR count). The van der Waals surface area contributed by atoms with Gasteiger partial charge in [0.2, 0.25) is 0 Å². The molecule has 0 saturated carbocycles. The molecule has 23 heavy (non-hydrogen) atoms. The van der Waals surface area contributed by atoms with Gasteiger partial charge in [0.25, 0.3) is 0 Å². The van der Waals surface area contributed by atoms with Crippen molar-refractivity contribution in [3.63, 3.8) is 0 Å². The van der Waals surface area contributed by atoms with E-state index in [2.05, 4.69) is 25.7 Å². The van der Waals surface area contributed by atoms with Crippen LogP contribution in [0.1, 0.15) is 64.4 Å². The fourth-order valence-corrected chi connectivity index (χ4v) is 2.11. The first-order chi connectivity index (χ1) is 11.2. The van der Waals surface area contributed by atoms with Crippen molar-refractivity contribution < 1.29 is 14.3 Å². The van der Waals surface area contributed by atoms with Crippen LogP contribution >= 0.6 is 0 Å². The molecule has 0 amide bonds. The Morgan fingerprint density at radius 2 is 1.74 bits per heavy atom. The van der Waals surface area contributed by atoms with E-state index < -0.39 is 0 Å². The number of benzene rings is 1. The number of hydrogen-bond acceptors (Lipinski definition) is 3. The first-order valence-electron chi connectivity index (χ1n) is 8.51. The lowest BCUT2D eigenvalue weighted by Crippen LogP contribution is -2.10. The topological polar surface area (TPSA) is 35.5 Å². The van der Waals surface area contributed by atoms with E-state index in [9.17, 15) is 4.79 Å². The summed E-state index contributed by atoms with van der Waals surface area (Å²) in [5, 5.41) is 0. The highest BCUT2D eigenvalue weighted by Crippen LogP contribution is 2.23. The van der Waals surface area contributed by atoms with Crippen LogP contribution in [0.15, 0.2) is 24.3 Å². The normalized spacial score (nSPS) is 11.3. The van der Waals surface area contributed by atoms with E-state index in [4.69, 9.17) is 9.47 Å². The maximum atomic E-state index is 11.9. The zero-order valence-electron chi connectivity index (χ0n) is 14.6. The van der Waals surface area contributed by atoms with Crippen molar-refractivity contribution in [3.8, 4) is 17.6 Å². The van der Waals surface area contributed by atoms with Crippen LogP contribution in [0.5, 0.6) is 5.75 Å². The van der Waals surface area contributed by atoms with Gasteiger partial charge in [-0.1, -0.05) is 44.7 Å². The number of carbonyl (C=O) groups is 1. The van der Waals surface area contributed by atoms with Crippen molar-refractivity contribution in [2.45, 2.75) is 58.8 Å². The summed E-state index contributed by atoms with van der Waals surface area (Å²) in [6, 6.07) is 7.85. The molecule has 0 bridgehead atoms. The minimum atomic E-state index is -0.186. The molecule has 126 valence electrons. The quantitative estimate of drug-likeness (QED) is 0.356. The summed E-state index contributed by atoms with van der Waals surface area (Å²) in [7, 11) is 0. The van der Waals surface area contributed by atoms with E-state index in [0.717, 1.165) is 43.6 Å². The molecular weight excluding hydrogens is 288 g/mol. The molecule has 0 aromatic heterocycles. The van der Waals surface area contributed by atoms with Gasteiger partial charge in [-0.2, -0.15) is 0 Å². The molecule has 0 saturated heterocycles. The highest BCUT2D eigenvalue weighted by molar-refractivity contribution is 5.71. The van der Waals surface area contributed by atoms with Crippen LogP contribution in [0.2, 0.25) is 0 Å². The fraction of sp³-hybridized carbons (Fsp3) is 0.550. The van der Waals surface area contributed by atoms with Gasteiger partial charge in [0.05, 0.1) is 25.6 Å². The van der Waals surface area contributed by atoms with Crippen molar-refractivity contribution in [1.29, 1.82) is 0 Å². The number of rotatable bonds is 10. The predicted molar refractivity (Wildman–Crippen MR) is 93.5 cm³/mol. The summed E-state index contributed by atoms with van der Waals surface area (Å²) >= 11 is 0. The Balaban J connectivity index is 2.62. The second-order valence-corrected chi connectivity index (χ2v) is 5.50. The molecule has 0 N–H and O–H groups in total. The molecule has 0 spiro atoms. The Kier molecular flexibility index (Phi) is 9.63. The van der Waals surface area contributed by atoms with Gasteiger partial charge in [-0.05, 0) is 37.5 Å². The van der Waals surface area contributed by atoms with E-state index in [1.807, 2.05) is 24.3 Å². The van der Waals surface area contributed by atoms with Gasteiger partial charge in [-0.25, -0.2) is 0 Å². The minimum Gasteiger partial charge on any atom is -0.494 e. The largest absolute Gasteiger partial charge is 0.494 e. The Labute approximate surface area is 140 Å². The molecule has 1 atom stereocenters. The third-order valence-corrected chi connectivity index (χ3v) is 3.50. The molecule has 3 nitrogen and oxygen atoms in total. The van der Waals surface area contributed by atoms with Crippen LogP contribution < -0.4 is 4.74 Å². The second-order valence-electron chi connectivity index (χ2n) is 5.50. The van der Waals surface area contributed by atoms with E-state index in [1.54, 1.807) is 6.92 Å². The standard InChI is InChI=1S/C20H28O3/c1-4-7-14-22-19-12-10-17(11-13-19)18(9-6-3)16-20(21)23-15-8-5-2/h10-13,18H,4-5,7-8,14-16H2,1-3H3/t18-/m0/s1. The fourth-order valence-electron chi connectivity index (χ4n) is 2.11. The number of esters is 1. The number of unbranched alkanes of at least 4 members (excludes halogenated alkanes) is 2. The highest BCUT2D eigenvalue weighted by Gasteiger charge is 2.15. The molecule has 0 aliphatic carbocycles. The minimum absolute atomic E-state index is 0.126. The molecular formula is C20H28O3. The molecule has 1 aromatic carbocycles. The van der Waals surface area contributed by atoms with E-state index in [0.29, 0.717) is 13.0 Å². The van der Waals surface area contributed by atoms with Crippen molar-refractivity contribution in [1.82, 2.24) is 0 Å². The van der Waals surface area contributed by atoms with Gasteiger partial charge in [-0.15, -0.1) is 5.92 Å². The van der Waals surface area contributed by atoms with E-state index in [-0.39, 0.29) is 11.9 Å². The lowest BCUT2D eigenvalue weighted by Gasteiger charge is -2.12. The molecule has 0 heterocycles. The van der Waals surface area contributed by atoms with Crippen LogP contribution in [0.3, 0.4) is 0 Å². The van der Waals surface area contributed by atoms with Gasteiger partial charge in [0.15, 0.2) is 0 Å². The first kappa shape index (κ1) is 19.1. The zero-order chi connectivity index (χ0) is 16.9. The van der Waals surface area contributed by atoms with Crippen LogP contribution in [0.25, 0.3) is 0 Å². The Hall–Kier alpha value is -1.95. The van der Waals surface area contributed by atoms with E-state index >= 15 is 0 Å². The second kappa shape index (κ2) is 11.6. The average Bonchev–Trinajstić information content (AvgIpc) is 2.56. The van der Waals surface area contributed by atoms with Crippen LogP contribution in [-0.4, -0.2) is 19.2 Å². The summed E-state index contributed by atoms with van der Waals surface area (Å²) in [6.45, 7) is 7.23. The molecule has 0 radical (unpaired) electrons. The maximum absolute atomic E-state index is 11.9. The van der Waals surface area contributed by atoms with Crippen molar-refractivity contribution in [3.05, 3.63) is 29.8 Å². The van der Waals surface area contributed by atoms with E-state index in [1.165, 1.54) is 0 Å². The van der Waals surface area contributed by atoms with Gasteiger partial charge >= 0.3 is 5.97 Å². The smallest absolute Gasteiger partial charge is 0.307 e. The van der Waals surface area contributed by atoms with Crippen molar-refractivity contribution >= 4 is 5.97 Å². The summed E-state index contributed by atoms with van der Waals surface area (Å²) in [4.78, 5) is 11.9. The summed E-state index contributed by atoms with van der Waals surface area (Å²) in [5.74, 6) is 6.55. The van der Waals surface area contributed by atoms with Crippen LogP contribution in [-0.2, 0) is 9.53 Å². The van der Waals surface area contributed by atoms with Crippen LogP contribution in [0.4, 0.5) is 0 Å². The van der Waals surface area contributed by atoms with Gasteiger partial charge in [0.1, 0.15) is 5.75 Å². The highest BCUT2D eigenvalue weighted by atomic mass is 16.5. The monoisotopic (exact) mass is 316 g/mol. The average molecular weight is 316 g/mol. The molecule has 3 heteroatoms. The molecule has 0 aliphatic rings.